The second-order valence-corrected chi connectivity index (χ2v) is 6.60. The summed E-state index contributed by atoms with van der Waals surface area (Å²) in [5.41, 5.74) is 7.67. The largest absolute Gasteiger partial charge is 0.326 e. The first-order chi connectivity index (χ1) is 8.97. The molecule has 0 saturated heterocycles. The number of imidazole rings is 1. The lowest BCUT2D eigenvalue weighted by Gasteiger charge is -2.17. The highest BCUT2D eigenvalue weighted by Crippen LogP contribution is 2.13. The van der Waals surface area contributed by atoms with Crippen LogP contribution in [-0.4, -0.2) is 26.6 Å². The summed E-state index contributed by atoms with van der Waals surface area (Å²) in [5, 5.41) is 0. The van der Waals surface area contributed by atoms with Crippen molar-refractivity contribution in [1.29, 1.82) is 0 Å². The quantitative estimate of drug-likeness (QED) is 0.797. The Balaban J connectivity index is 1.92. The van der Waals surface area contributed by atoms with Crippen LogP contribution in [0.5, 0.6) is 0 Å². The molecule has 0 unspecified atom stereocenters. The number of thioether (sulfide) groups is 1. The van der Waals surface area contributed by atoms with E-state index in [1.807, 2.05) is 54.4 Å². The maximum absolute atomic E-state index is 11.8. The van der Waals surface area contributed by atoms with E-state index >= 15 is 0 Å². The Kier molecular flexibility index (Phi) is 4.37. The number of benzene rings is 1. The molecule has 0 aliphatic heterocycles. The van der Waals surface area contributed by atoms with Crippen LogP contribution in [-0.2, 0) is 6.54 Å². The summed E-state index contributed by atoms with van der Waals surface area (Å²) in [5.74, 6) is 1.96. The number of nitrogens with two attached hydrogens (primary N) is 1. The molecule has 2 aromatic rings. The summed E-state index contributed by atoms with van der Waals surface area (Å²) < 4.78 is 1.81. The second kappa shape index (κ2) is 5.84. The third-order valence-corrected chi connectivity index (χ3v) is 4.35. The van der Waals surface area contributed by atoms with Gasteiger partial charge in [-0.3, -0.25) is 4.57 Å². The Morgan fingerprint density at radius 2 is 2.11 bits per heavy atom. The molecular weight excluding hydrogens is 258 g/mol. The normalized spacial score (nSPS) is 12.2. The Hall–Kier alpha value is -1.20. The van der Waals surface area contributed by atoms with Crippen LogP contribution in [0.3, 0.4) is 0 Å². The number of aromatic nitrogens is 2. The van der Waals surface area contributed by atoms with Crippen LogP contribution in [0.15, 0.2) is 29.1 Å². The van der Waals surface area contributed by atoms with Gasteiger partial charge < -0.3 is 10.7 Å². The Morgan fingerprint density at radius 1 is 1.37 bits per heavy atom. The molecule has 0 atom stereocenters. The zero-order valence-electron chi connectivity index (χ0n) is 11.5. The fourth-order valence-electron chi connectivity index (χ4n) is 1.99. The van der Waals surface area contributed by atoms with Crippen molar-refractivity contribution >= 4 is 22.8 Å². The fourth-order valence-corrected chi connectivity index (χ4v) is 2.99. The molecule has 4 nitrogen and oxygen atoms in total. The molecule has 0 aliphatic rings. The van der Waals surface area contributed by atoms with Gasteiger partial charge in [0.25, 0.3) is 0 Å². The lowest BCUT2D eigenvalue weighted by molar-refractivity contribution is 0.590. The third-order valence-electron chi connectivity index (χ3n) is 2.83. The number of nitrogens with zero attached hydrogens (tertiary/aromatic N) is 1. The monoisotopic (exact) mass is 279 g/mol. The van der Waals surface area contributed by atoms with Crippen molar-refractivity contribution in [2.24, 2.45) is 5.73 Å². The van der Waals surface area contributed by atoms with Gasteiger partial charge in [0.1, 0.15) is 0 Å². The number of hydrogen-bond acceptors (Lipinski definition) is 3. The van der Waals surface area contributed by atoms with Crippen molar-refractivity contribution in [2.75, 3.05) is 11.5 Å². The maximum Gasteiger partial charge on any atom is 0.326 e. The maximum atomic E-state index is 11.8. The van der Waals surface area contributed by atoms with Gasteiger partial charge in [-0.05, 0) is 38.2 Å². The summed E-state index contributed by atoms with van der Waals surface area (Å²) >= 11 is 1.84. The first kappa shape index (κ1) is 14.2. The lowest BCUT2D eigenvalue weighted by Crippen LogP contribution is -2.34. The van der Waals surface area contributed by atoms with Crippen LogP contribution in [0.4, 0.5) is 0 Å². The highest BCUT2D eigenvalue weighted by atomic mass is 32.2. The number of fused-ring (bicyclic) bond motifs is 1. The van der Waals surface area contributed by atoms with E-state index in [0.29, 0.717) is 0 Å². The van der Waals surface area contributed by atoms with Gasteiger partial charge in [-0.15, -0.1) is 0 Å². The van der Waals surface area contributed by atoms with Crippen LogP contribution >= 0.6 is 11.8 Å². The smallest absolute Gasteiger partial charge is 0.325 e. The summed E-state index contributed by atoms with van der Waals surface area (Å²) in [7, 11) is 0. The van der Waals surface area contributed by atoms with E-state index in [0.717, 1.165) is 35.5 Å². The number of aryl methyl sites for hydroxylation is 1. The Labute approximate surface area is 117 Å². The van der Waals surface area contributed by atoms with Crippen LogP contribution in [0, 0.1) is 0 Å². The highest BCUT2D eigenvalue weighted by molar-refractivity contribution is 7.99. The van der Waals surface area contributed by atoms with Crippen LogP contribution in [0.25, 0.3) is 11.0 Å². The van der Waals surface area contributed by atoms with Crippen LogP contribution < -0.4 is 11.4 Å². The number of aromatic amines is 1. The van der Waals surface area contributed by atoms with E-state index < -0.39 is 0 Å². The van der Waals surface area contributed by atoms with Crippen LogP contribution in [0.2, 0.25) is 0 Å². The first-order valence-corrected chi connectivity index (χ1v) is 7.67. The van der Waals surface area contributed by atoms with E-state index in [4.69, 9.17) is 5.73 Å². The minimum Gasteiger partial charge on any atom is -0.325 e. The Morgan fingerprint density at radius 3 is 2.84 bits per heavy atom. The number of nitrogens with one attached hydrogen (secondary N) is 1. The summed E-state index contributed by atoms with van der Waals surface area (Å²) in [6, 6.07) is 7.79. The molecule has 0 saturated carbocycles. The van der Waals surface area contributed by atoms with Gasteiger partial charge in [0.2, 0.25) is 0 Å². The number of hydrogen-bond donors (Lipinski definition) is 2. The molecule has 5 heteroatoms. The minimum atomic E-state index is -0.123. The predicted molar refractivity (Wildman–Crippen MR) is 82.8 cm³/mol. The van der Waals surface area contributed by atoms with Crippen LogP contribution in [0.1, 0.15) is 20.3 Å². The SMILES string of the molecule is CC(C)(N)CSCCCn1c(=O)[nH]c2ccccc21. The molecule has 1 aromatic carbocycles. The molecule has 1 aromatic heterocycles. The molecule has 2 rings (SSSR count). The van der Waals surface area contributed by atoms with Gasteiger partial charge in [0, 0.05) is 17.8 Å². The van der Waals surface area contributed by atoms with Gasteiger partial charge in [-0.1, -0.05) is 12.1 Å². The van der Waals surface area contributed by atoms with E-state index in [9.17, 15) is 4.79 Å². The van der Waals surface area contributed by atoms with Gasteiger partial charge >= 0.3 is 5.69 Å². The minimum absolute atomic E-state index is 0.0228. The average Bonchev–Trinajstić information content (AvgIpc) is 2.64. The molecule has 0 amide bonds. The number of para-hydroxylation sites is 2. The van der Waals surface area contributed by atoms with Gasteiger partial charge in [0.05, 0.1) is 11.0 Å². The molecule has 19 heavy (non-hydrogen) atoms. The molecule has 0 aliphatic carbocycles. The third kappa shape index (κ3) is 3.88. The molecule has 104 valence electrons. The van der Waals surface area contributed by atoms with Crippen molar-refractivity contribution in [1.82, 2.24) is 9.55 Å². The number of H-pyrrole nitrogens is 1. The van der Waals surface area contributed by atoms with Crippen molar-refractivity contribution in [3.05, 3.63) is 34.7 Å². The van der Waals surface area contributed by atoms with Gasteiger partial charge in [-0.25, -0.2) is 4.79 Å². The first-order valence-electron chi connectivity index (χ1n) is 6.51. The fraction of sp³-hybridized carbons (Fsp3) is 0.500. The van der Waals surface area contributed by atoms with E-state index in [1.165, 1.54) is 0 Å². The topological polar surface area (TPSA) is 63.8 Å². The average molecular weight is 279 g/mol. The van der Waals surface area contributed by atoms with E-state index in [-0.39, 0.29) is 11.2 Å². The summed E-state index contributed by atoms with van der Waals surface area (Å²) in [4.78, 5) is 14.7. The molecule has 0 fully saturated rings. The van der Waals surface area contributed by atoms with Crippen molar-refractivity contribution in [2.45, 2.75) is 32.4 Å². The molecule has 0 bridgehead atoms. The molecular formula is C14H21N3OS. The van der Waals surface area contributed by atoms with E-state index in [1.54, 1.807) is 0 Å². The molecule has 0 spiro atoms. The molecule has 1 heterocycles. The zero-order valence-corrected chi connectivity index (χ0v) is 12.3. The molecule has 3 N–H and O–H groups in total. The highest BCUT2D eigenvalue weighted by Gasteiger charge is 2.10. The molecule has 0 radical (unpaired) electrons. The predicted octanol–water partition coefficient (Wildman–Crippen LogP) is 2.19. The standard InChI is InChI=1S/C14H21N3OS/c1-14(2,15)10-19-9-5-8-17-12-7-4-3-6-11(12)16-13(17)18/h3-4,6-7H,5,8-10,15H2,1-2H3,(H,16,18). The van der Waals surface area contributed by atoms with Gasteiger partial charge in [0.15, 0.2) is 0 Å². The summed E-state index contributed by atoms with van der Waals surface area (Å²) in [6.07, 6.45) is 0.975. The number of rotatable bonds is 6. The Bertz CT molecular complexity index is 594. The second-order valence-electron chi connectivity index (χ2n) is 5.49. The lowest BCUT2D eigenvalue weighted by atomic mass is 10.1. The van der Waals surface area contributed by atoms with Crippen molar-refractivity contribution < 1.29 is 0 Å². The van der Waals surface area contributed by atoms with Gasteiger partial charge in [-0.2, -0.15) is 11.8 Å². The van der Waals surface area contributed by atoms with Crippen molar-refractivity contribution in [3.8, 4) is 0 Å². The van der Waals surface area contributed by atoms with Crippen molar-refractivity contribution in [3.63, 3.8) is 0 Å². The van der Waals surface area contributed by atoms with E-state index in [2.05, 4.69) is 4.98 Å². The summed E-state index contributed by atoms with van der Waals surface area (Å²) in [6.45, 7) is 4.81. The zero-order chi connectivity index (χ0) is 13.9.